The minimum absolute atomic E-state index is 0.105. The maximum absolute atomic E-state index is 12.2. The third kappa shape index (κ3) is 3.97. The number of carbonyl (C=O) groups is 1. The highest BCUT2D eigenvalue weighted by Gasteiger charge is 2.27. The van der Waals surface area contributed by atoms with E-state index in [1.807, 2.05) is 22.7 Å². The molecule has 8 heteroatoms. The molecule has 2 aliphatic heterocycles. The van der Waals surface area contributed by atoms with Crippen molar-refractivity contribution in [3.63, 3.8) is 0 Å². The van der Waals surface area contributed by atoms with Crippen molar-refractivity contribution in [1.29, 1.82) is 0 Å². The number of rotatable bonds is 6. The van der Waals surface area contributed by atoms with E-state index in [1.54, 1.807) is 11.3 Å². The van der Waals surface area contributed by atoms with E-state index in [9.17, 15) is 4.79 Å². The Morgan fingerprint density at radius 2 is 2.23 bits per heavy atom. The van der Waals surface area contributed by atoms with E-state index in [-0.39, 0.29) is 18.6 Å². The Bertz CT molecular complexity index is 752. The maximum Gasteiger partial charge on any atom is 0.248 e. The number of fused-ring (bicyclic) bond motifs is 1. The summed E-state index contributed by atoms with van der Waals surface area (Å²) in [4.78, 5) is 21.0. The van der Waals surface area contributed by atoms with Crippen molar-refractivity contribution >= 4 is 17.2 Å². The van der Waals surface area contributed by atoms with Crippen molar-refractivity contribution < 1.29 is 9.53 Å². The van der Waals surface area contributed by atoms with Gasteiger partial charge in [-0.1, -0.05) is 0 Å². The second kappa shape index (κ2) is 7.85. The SMILES string of the molecule is Cc1nc(CN2Cc3ccnn3C(COCC(=O)N3CCCC3)C2)cs1. The van der Waals surface area contributed by atoms with Gasteiger partial charge in [0.25, 0.3) is 0 Å². The second-order valence-corrected chi connectivity index (χ2v) is 8.11. The van der Waals surface area contributed by atoms with E-state index >= 15 is 0 Å². The molecule has 2 aromatic heterocycles. The van der Waals surface area contributed by atoms with Crippen molar-refractivity contribution in [2.24, 2.45) is 0 Å². The lowest BCUT2D eigenvalue weighted by molar-refractivity contribution is -0.135. The number of hydrogen-bond acceptors (Lipinski definition) is 6. The van der Waals surface area contributed by atoms with Gasteiger partial charge in [0, 0.05) is 44.3 Å². The first-order chi connectivity index (χ1) is 12.7. The minimum atomic E-state index is 0.105. The van der Waals surface area contributed by atoms with Crippen LogP contribution in [0.15, 0.2) is 17.6 Å². The molecule has 0 bridgehead atoms. The third-order valence-electron chi connectivity index (χ3n) is 5.00. The van der Waals surface area contributed by atoms with Gasteiger partial charge in [-0.2, -0.15) is 5.10 Å². The average Bonchev–Trinajstić information content (AvgIpc) is 3.36. The Kier molecular flexibility index (Phi) is 5.33. The first-order valence-electron chi connectivity index (χ1n) is 9.20. The molecule has 4 heterocycles. The summed E-state index contributed by atoms with van der Waals surface area (Å²) in [7, 11) is 0. The van der Waals surface area contributed by atoms with Gasteiger partial charge in [-0.05, 0) is 25.8 Å². The molecule has 1 amide bonds. The lowest BCUT2D eigenvalue weighted by Gasteiger charge is -2.33. The number of aryl methyl sites for hydroxylation is 1. The predicted octanol–water partition coefficient (Wildman–Crippen LogP) is 1.84. The smallest absolute Gasteiger partial charge is 0.248 e. The molecule has 0 saturated carbocycles. The zero-order chi connectivity index (χ0) is 17.9. The zero-order valence-electron chi connectivity index (χ0n) is 15.1. The van der Waals surface area contributed by atoms with Crippen LogP contribution in [0.2, 0.25) is 0 Å². The fraction of sp³-hybridized carbons (Fsp3) is 0.611. The number of thiazole rings is 1. The first kappa shape index (κ1) is 17.6. The van der Waals surface area contributed by atoms with Crippen molar-refractivity contribution in [3.8, 4) is 0 Å². The van der Waals surface area contributed by atoms with Crippen molar-refractivity contribution in [2.75, 3.05) is 32.8 Å². The Morgan fingerprint density at radius 3 is 3.00 bits per heavy atom. The summed E-state index contributed by atoms with van der Waals surface area (Å²) < 4.78 is 7.83. The topological polar surface area (TPSA) is 63.5 Å². The van der Waals surface area contributed by atoms with Gasteiger partial charge >= 0.3 is 0 Å². The third-order valence-corrected chi connectivity index (χ3v) is 5.82. The fourth-order valence-corrected chi connectivity index (χ4v) is 4.36. The van der Waals surface area contributed by atoms with Gasteiger partial charge in [-0.25, -0.2) is 4.98 Å². The van der Waals surface area contributed by atoms with Gasteiger partial charge in [0.15, 0.2) is 0 Å². The largest absolute Gasteiger partial charge is 0.369 e. The van der Waals surface area contributed by atoms with Gasteiger partial charge in [0.05, 0.1) is 29.0 Å². The summed E-state index contributed by atoms with van der Waals surface area (Å²) in [5.41, 5.74) is 2.30. The van der Waals surface area contributed by atoms with Gasteiger partial charge < -0.3 is 9.64 Å². The molecule has 26 heavy (non-hydrogen) atoms. The van der Waals surface area contributed by atoms with E-state index in [0.717, 1.165) is 56.3 Å². The van der Waals surface area contributed by atoms with Crippen LogP contribution in [0.3, 0.4) is 0 Å². The normalized spacial score (nSPS) is 20.5. The molecule has 1 atom stereocenters. The highest BCUT2D eigenvalue weighted by Crippen LogP contribution is 2.23. The van der Waals surface area contributed by atoms with Crippen LogP contribution < -0.4 is 0 Å². The van der Waals surface area contributed by atoms with E-state index in [0.29, 0.717) is 6.61 Å². The molecule has 7 nitrogen and oxygen atoms in total. The summed E-state index contributed by atoms with van der Waals surface area (Å²) in [6, 6.07) is 2.18. The molecule has 0 radical (unpaired) electrons. The number of carbonyl (C=O) groups excluding carboxylic acids is 1. The quantitative estimate of drug-likeness (QED) is 0.771. The molecule has 2 aromatic rings. The molecule has 140 valence electrons. The van der Waals surface area contributed by atoms with Crippen LogP contribution in [0.1, 0.15) is 35.3 Å². The Balaban J connectivity index is 1.34. The molecule has 4 rings (SSSR count). The standard InChI is InChI=1S/C18H25N5O2S/c1-14-20-15(13-26-14)8-21-9-16-4-5-19-23(16)17(10-21)11-25-12-18(24)22-6-2-3-7-22/h4-5,13,17H,2-3,6-12H2,1H3. The lowest BCUT2D eigenvalue weighted by Crippen LogP contribution is -2.40. The first-order valence-corrected chi connectivity index (χ1v) is 10.1. The highest BCUT2D eigenvalue weighted by molar-refractivity contribution is 7.09. The van der Waals surface area contributed by atoms with E-state index in [1.165, 1.54) is 5.69 Å². The number of hydrogen-bond donors (Lipinski definition) is 0. The molecule has 0 spiro atoms. The van der Waals surface area contributed by atoms with Crippen LogP contribution in [0.25, 0.3) is 0 Å². The van der Waals surface area contributed by atoms with E-state index < -0.39 is 0 Å². The summed E-state index contributed by atoms with van der Waals surface area (Å²) >= 11 is 1.69. The number of ether oxygens (including phenoxy) is 1. The maximum atomic E-state index is 12.2. The molecule has 0 aromatic carbocycles. The molecule has 1 unspecified atom stereocenters. The van der Waals surface area contributed by atoms with Gasteiger partial charge in [0.2, 0.25) is 5.91 Å². The molecular formula is C18H25N5O2S. The van der Waals surface area contributed by atoms with E-state index in [4.69, 9.17) is 4.74 Å². The zero-order valence-corrected chi connectivity index (χ0v) is 16.0. The van der Waals surface area contributed by atoms with Gasteiger partial charge in [-0.3, -0.25) is 14.4 Å². The minimum Gasteiger partial charge on any atom is -0.369 e. The average molecular weight is 375 g/mol. The Labute approximate surface area is 157 Å². The number of amides is 1. The molecule has 2 aliphatic rings. The van der Waals surface area contributed by atoms with E-state index in [2.05, 4.69) is 26.4 Å². The van der Waals surface area contributed by atoms with Crippen LogP contribution in [0, 0.1) is 6.92 Å². The van der Waals surface area contributed by atoms with Crippen molar-refractivity contribution in [1.82, 2.24) is 24.6 Å². The van der Waals surface area contributed by atoms with Gasteiger partial charge in [-0.15, -0.1) is 11.3 Å². The molecule has 0 aliphatic carbocycles. The molecular weight excluding hydrogens is 350 g/mol. The van der Waals surface area contributed by atoms with Crippen LogP contribution in [0.5, 0.6) is 0 Å². The molecule has 0 N–H and O–H groups in total. The number of nitrogens with zero attached hydrogens (tertiary/aromatic N) is 5. The summed E-state index contributed by atoms with van der Waals surface area (Å²) in [6.07, 6.45) is 4.06. The second-order valence-electron chi connectivity index (χ2n) is 7.05. The summed E-state index contributed by atoms with van der Waals surface area (Å²) in [5, 5.41) is 7.69. The summed E-state index contributed by atoms with van der Waals surface area (Å²) in [5.74, 6) is 0.105. The number of aromatic nitrogens is 3. The highest BCUT2D eigenvalue weighted by atomic mass is 32.1. The Hall–Kier alpha value is -1.77. The fourth-order valence-electron chi connectivity index (χ4n) is 3.76. The Morgan fingerprint density at radius 1 is 1.38 bits per heavy atom. The molecule has 1 fully saturated rings. The number of likely N-dealkylation sites (tertiary alicyclic amines) is 1. The van der Waals surface area contributed by atoms with Crippen LogP contribution >= 0.6 is 11.3 Å². The predicted molar refractivity (Wildman–Crippen MR) is 98.9 cm³/mol. The lowest BCUT2D eigenvalue weighted by atomic mass is 10.2. The van der Waals surface area contributed by atoms with Crippen LogP contribution in [0.4, 0.5) is 0 Å². The molecule has 1 saturated heterocycles. The summed E-state index contributed by atoms with van der Waals surface area (Å²) in [6.45, 7) is 6.99. The van der Waals surface area contributed by atoms with Gasteiger partial charge in [0.1, 0.15) is 6.61 Å². The monoisotopic (exact) mass is 375 g/mol. The van der Waals surface area contributed by atoms with Crippen LogP contribution in [-0.2, 0) is 22.6 Å². The van der Waals surface area contributed by atoms with Crippen LogP contribution in [-0.4, -0.2) is 63.3 Å². The van der Waals surface area contributed by atoms with Crippen molar-refractivity contribution in [3.05, 3.63) is 34.0 Å². The van der Waals surface area contributed by atoms with Crippen molar-refractivity contribution in [2.45, 2.75) is 38.9 Å².